The minimum absolute atomic E-state index is 0.139. The Kier molecular flexibility index (Phi) is 8.98. The Bertz CT molecular complexity index is 1200. The van der Waals surface area contributed by atoms with Crippen LogP contribution in [0.4, 0.5) is 24.5 Å². The molecule has 0 bridgehead atoms. The van der Waals surface area contributed by atoms with Gasteiger partial charge in [0, 0.05) is 24.8 Å². The van der Waals surface area contributed by atoms with E-state index in [4.69, 9.17) is 9.90 Å². The smallest absolute Gasteiger partial charge is 0.478 e. The van der Waals surface area contributed by atoms with E-state index in [1.807, 2.05) is 61.3 Å². The summed E-state index contributed by atoms with van der Waals surface area (Å²) >= 11 is 0. The number of nitrogens with zero attached hydrogens (tertiary/aromatic N) is 1. The van der Waals surface area contributed by atoms with Crippen molar-refractivity contribution >= 4 is 29.2 Å². The van der Waals surface area contributed by atoms with Crippen LogP contribution in [0, 0.1) is 6.92 Å². The highest BCUT2D eigenvalue weighted by Crippen LogP contribution is 2.25. The lowest BCUT2D eigenvalue weighted by Gasteiger charge is -2.22. The molecule has 0 aliphatic heterocycles. The minimum Gasteiger partial charge on any atom is -0.478 e. The van der Waals surface area contributed by atoms with E-state index in [9.17, 15) is 27.9 Å². The first-order valence-corrected chi connectivity index (χ1v) is 10.2. The molecule has 184 valence electrons. The summed E-state index contributed by atoms with van der Waals surface area (Å²) in [6.45, 7) is 2.49. The summed E-state index contributed by atoms with van der Waals surface area (Å²) in [4.78, 5) is 35.0. The molecule has 0 atom stereocenters. The SMILES string of the molecule is Cc1cccc(C(=O)Nc2ccc(N(C)Cc3ccccc3)c(C(=O)O)c2)c1.O=C(O)C(F)(F)F. The van der Waals surface area contributed by atoms with Crippen LogP contribution in [0.25, 0.3) is 0 Å². The summed E-state index contributed by atoms with van der Waals surface area (Å²) in [5.41, 5.74) is 3.77. The molecule has 3 aromatic rings. The van der Waals surface area contributed by atoms with Gasteiger partial charge in [-0.3, -0.25) is 4.79 Å². The summed E-state index contributed by atoms with van der Waals surface area (Å²) < 4.78 is 31.7. The number of carboxylic acids is 2. The second-order valence-electron chi connectivity index (χ2n) is 7.51. The van der Waals surface area contributed by atoms with E-state index in [0.717, 1.165) is 11.1 Å². The Hall–Kier alpha value is -4.34. The van der Waals surface area contributed by atoms with Crippen molar-refractivity contribution in [2.24, 2.45) is 0 Å². The van der Waals surface area contributed by atoms with Gasteiger partial charge in [-0.2, -0.15) is 13.2 Å². The van der Waals surface area contributed by atoms with E-state index in [1.54, 1.807) is 24.3 Å². The number of aromatic carboxylic acids is 1. The molecular formula is C25H23F3N2O5. The highest BCUT2D eigenvalue weighted by atomic mass is 19.4. The monoisotopic (exact) mass is 488 g/mol. The Labute approximate surface area is 199 Å². The van der Waals surface area contributed by atoms with Crippen LogP contribution < -0.4 is 10.2 Å². The lowest BCUT2D eigenvalue weighted by molar-refractivity contribution is -0.192. The third-order valence-corrected chi connectivity index (χ3v) is 4.68. The number of halogens is 3. The number of carbonyl (C=O) groups is 3. The molecule has 0 radical (unpaired) electrons. The number of nitrogens with one attached hydrogen (secondary N) is 1. The first-order valence-electron chi connectivity index (χ1n) is 10.2. The van der Waals surface area contributed by atoms with E-state index in [1.165, 1.54) is 6.07 Å². The zero-order valence-electron chi connectivity index (χ0n) is 18.8. The average Bonchev–Trinajstić information content (AvgIpc) is 2.79. The largest absolute Gasteiger partial charge is 0.490 e. The Balaban J connectivity index is 0.000000540. The third kappa shape index (κ3) is 8.18. The highest BCUT2D eigenvalue weighted by Gasteiger charge is 2.38. The van der Waals surface area contributed by atoms with Crippen molar-refractivity contribution in [1.82, 2.24) is 0 Å². The number of anilines is 2. The van der Waals surface area contributed by atoms with E-state index >= 15 is 0 Å². The number of alkyl halides is 3. The van der Waals surface area contributed by atoms with Crippen LogP contribution >= 0.6 is 0 Å². The number of rotatable bonds is 6. The fourth-order valence-corrected chi connectivity index (χ4v) is 3.05. The number of hydrogen-bond acceptors (Lipinski definition) is 4. The lowest BCUT2D eigenvalue weighted by atomic mass is 10.1. The number of carbonyl (C=O) groups excluding carboxylic acids is 1. The maximum atomic E-state index is 12.4. The van der Waals surface area contributed by atoms with Crippen LogP contribution in [0.2, 0.25) is 0 Å². The van der Waals surface area contributed by atoms with Gasteiger partial charge in [0.1, 0.15) is 0 Å². The molecule has 0 aromatic heterocycles. The number of hydrogen-bond donors (Lipinski definition) is 3. The van der Waals surface area contributed by atoms with Gasteiger partial charge < -0.3 is 20.4 Å². The summed E-state index contributed by atoms with van der Waals surface area (Å²) in [5, 5.41) is 19.6. The molecule has 3 rings (SSSR count). The molecular weight excluding hydrogens is 465 g/mol. The van der Waals surface area contributed by atoms with Crippen molar-refractivity contribution in [2.45, 2.75) is 19.6 Å². The number of benzene rings is 3. The molecule has 0 saturated heterocycles. The number of aryl methyl sites for hydroxylation is 1. The molecule has 35 heavy (non-hydrogen) atoms. The van der Waals surface area contributed by atoms with Crippen molar-refractivity contribution in [1.29, 1.82) is 0 Å². The Morgan fingerprint density at radius 1 is 0.914 bits per heavy atom. The Morgan fingerprint density at radius 2 is 1.54 bits per heavy atom. The molecule has 3 aromatic carbocycles. The van der Waals surface area contributed by atoms with Gasteiger partial charge >= 0.3 is 18.1 Å². The van der Waals surface area contributed by atoms with Gasteiger partial charge in [-0.25, -0.2) is 9.59 Å². The Morgan fingerprint density at radius 3 is 2.09 bits per heavy atom. The predicted octanol–water partition coefficient (Wildman–Crippen LogP) is 5.22. The number of aliphatic carboxylic acids is 1. The lowest BCUT2D eigenvalue weighted by Crippen LogP contribution is -2.21. The van der Waals surface area contributed by atoms with Crippen LogP contribution in [0.5, 0.6) is 0 Å². The molecule has 7 nitrogen and oxygen atoms in total. The van der Waals surface area contributed by atoms with Gasteiger partial charge in [0.15, 0.2) is 0 Å². The fourth-order valence-electron chi connectivity index (χ4n) is 3.05. The van der Waals surface area contributed by atoms with Crippen LogP contribution in [-0.2, 0) is 11.3 Å². The van der Waals surface area contributed by atoms with Gasteiger partial charge in [0.05, 0.1) is 11.3 Å². The summed E-state index contributed by atoms with van der Waals surface area (Å²) in [6.07, 6.45) is -5.08. The van der Waals surface area contributed by atoms with E-state index in [2.05, 4.69) is 5.32 Å². The molecule has 0 heterocycles. The quantitative estimate of drug-likeness (QED) is 0.440. The second-order valence-corrected chi connectivity index (χ2v) is 7.51. The van der Waals surface area contributed by atoms with E-state index < -0.39 is 18.1 Å². The first-order chi connectivity index (χ1) is 16.4. The van der Waals surface area contributed by atoms with E-state index in [0.29, 0.717) is 23.5 Å². The van der Waals surface area contributed by atoms with Crippen LogP contribution in [-0.4, -0.2) is 41.3 Å². The van der Waals surface area contributed by atoms with Crippen LogP contribution in [0.3, 0.4) is 0 Å². The summed E-state index contributed by atoms with van der Waals surface area (Å²) in [7, 11) is 1.85. The predicted molar refractivity (Wildman–Crippen MR) is 125 cm³/mol. The topological polar surface area (TPSA) is 107 Å². The van der Waals surface area contributed by atoms with Crippen molar-refractivity contribution in [2.75, 3.05) is 17.3 Å². The zero-order chi connectivity index (χ0) is 26.2. The molecule has 1 amide bonds. The van der Waals surface area contributed by atoms with Crippen LogP contribution in [0.1, 0.15) is 31.8 Å². The van der Waals surface area contributed by atoms with Gasteiger partial charge in [-0.15, -0.1) is 0 Å². The molecule has 0 unspecified atom stereocenters. The third-order valence-electron chi connectivity index (χ3n) is 4.68. The maximum Gasteiger partial charge on any atom is 0.490 e. The molecule has 3 N–H and O–H groups in total. The number of amides is 1. The second kappa shape index (κ2) is 11.7. The van der Waals surface area contributed by atoms with Crippen molar-refractivity contribution in [3.8, 4) is 0 Å². The average molecular weight is 488 g/mol. The van der Waals surface area contributed by atoms with Crippen molar-refractivity contribution in [3.63, 3.8) is 0 Å². The first kappa shape index (κ1) is 26.9. The van der Waals surface area contributed by atoms with Gasteiger partial charge in [0.25, 0.3) is 5.91 Å². The van der Waals surface area contributed by atoms with Crippen molar-refractivity contribution in [3.05, 3.63) is 95.1 Å². The number of carboxylic acid groups (broad SMARTS) is 2. The van der Waals surface area contributed by atoms with Crippen molar-refractivity contribution < 1.29 is 37.8 Å². The molecule has 0 saturated carbocycles. The van der Waals surface area contributed by atoms with Gasteiger partial charge in [0.2, 0.25) is 0 Å². The highest BCUT2D eigenvalue weighted by molar-refractivity contribution is 6.05. The minimum atomic E-state index is -5.08. The zero-order valence-corrected chi connectivity index (χ0v) is 18.8. The summed E-state index contributed by atoms with van der Waals surface area (Å²) in [6, 6.07) is 22.0. The maximum absolute atomic E-state index is 12.4. The molecule has 0 aliphatic carbocycles. The van der Waals surface area contributed by atoms with Crippen LogP contribution in [0.15, 0.2) is 72.8 Å². The normalized spacial score (nSPS) is 10.5. The van der Waals surface area contributed by atoms with Gasteiger partial charge in [-0.05, 0) is 42.8 Å². The molecule has 0 fully saturated rings. The molecule has 0 aliphatic rings. The fraction of sp³-hybridized carbons (Fsp3) is 0.160. The molecule has 0 spiro atoms. The van der Waals surface area contributed by atoms with E-state index in [-0.39, 0.29) is 11.5 Å². The van der Waals surface area contributed by atoms with Gasteiger partial charge in [-0.1, -0.05) is 48.0 Å². The summed E-state index contributed by atoms with van der Waals surface area (Å²) in [5.74, 6) is -4.07. The standard InChI is InChI=1S/C23H22N2O3.C2HF3O2/c1-16-7-6-10-18(13-16)22(26)24-19-11-12-21(20(14-19)23(27)28)25(2)15-17-8-4-3-5-9-17;3-2(4,5)1(6)7/h3-14H,15H2,1-2H3,(H,24,26)(H,27,28);(H,6,7). The molecule has 10 heteroatoms.